The van der Waals surface area contributed by atoms with Gasteiger partial charge in [0.1, 0.15) is 0 Å². The minimum atomic E-state index is -0.399. The number of carbonyl (C=O) groups is 2. The second kappa shape index (κ2) is 9.39. The zero-order valence-electron chi connectivity index (χ0n) is 14.1. The summed E-state index contributed by atoms with van der Waals surface area (Å²) in [5.41, 5.74) is 1.26. The van der Waals surface area contributed by atoms with E-state index < -0.39 is 6.03 Å². The number of urea groups is 1. The summed E-state index contributed by atoms with van der Waals surface area (Å²) in [5, 5.41) is 11.0. The van der Waals surface area contributed by atoms with E-state index in [1.807, 2.05) is 0 Å². The van der Waals surface area contributed by atoms with Crippen molar-refractivity contribution < 1.29 is 9.59 Å². The number of amides is 3. The van der Waals surface area contributed by atoms with E-state index in [9.17, 15) is 9.59 Å². The third kappa shape index (κ3) is 7.11. The predicted molar refractivity (Wildman–Crippen MR) is 102 cm³/mol. The molecule has 0 fully saturated rings. The number of nitrogens with one attached hydrogen (secondary N) is 3. The summed E-state index contributed by atoms with van der Waals surface area (Å²) in [7, 11) is 0. The van der Waals surface area contributed by atoms with Gasteiger partial charge in [-0.1, -0.05) is 25.4 Å². The van der Waals surface area contributed by atoms with Crippen molar-refractivity contribution in [3.63, 3.8) is 0 Å². The quantitative estimate of drug-likeness (QED) is 0.674. The molecule has 8 heteroatoms. The van der Waals surface area contributed by atoms with Crippen molar-refractivity contribution in [2.75, 3.05) is 17.2 Å². The van der Waals surface area contributed by atoms with Gasteiger partial charge in [-0.2, -0.15) is 0 Å². The van der Waals surface area contributed by atoms with Gasteiger partial charge in [-0.25, -0.2) is 9.78 Å². The molecule has 2 rings (SSSR count). The SMILES string of the molecule is CC(C)CCNC(=O)Cc1csc(NC(=O)Nc2ccc(Cl)cc2)n1. The molecular formula is C17H21ClN4O2S. The number of carbonyl (C=O) groups excluding carboxylic acids is 2. The molecule has 0 saturated carbocycles. The van der Waals surface area contributed by atoms with Crippen LogP contribution in [0.3, 0.4) is 0 Å². The first-order chi connectivity index (χ1) is 11.9. The summed E-state index contributed by atoms with van der Waals surface area (Å²) in [6.07, 6.45) is 1.15. The fourth-order valence-corrected chi connectivity index (χ4v) is 2.80. The van der Waals surface area contributed by atoms with E-state index in [4.69, 9.17) is 11.6 Å². The number of benzene rings is 1. The predicted octanol–water partition coefficient (Wildman–Crippen LogP) is 4.15. The smallest absolute Gasteiger partial charge is 0.325 e. The topological polar surface area (TPSA) is 83.1 Å². The maximum atomic E-state index is 11.9. The maximum absolute atomic E-state index is 11.9. The molecule has 0 radical (unpaired) electrons. The molecule has 1 aromatic heterocycles. The van der Waals surface area contributed by atoms with Crippen LogP contribution in [0, 0.1) is 5.92 Å². The van der Waals surface area contributed by atoms with Crippen molar-refractivity contribution in [3.8, 4) is 0 Å². The largest absolute Gasteiger partial charge is 0.356 e. The van der Waals surface area contributed by atoms with Crippen LogP contribution in [-0.2, 0) is 11.2 Å². The Morgan fingerprint density at radius 1 is 1.20 bits per heavy atom. The van der Waals surface area contributed by atoms with E-state index in [0.717, 1.165) is 6.42 Å². The molecular weight excluding hydrogens is 360 g/mol. The highest BCUT2D eigenvalue weighted by Gasteiger charge is 2.10. The first-order valence-corrected chi connectivity index (χ1v) is 9.23. The molecule has 0 atom stereocenters. The van der Waals surface area contributed by atoms with Gasteiger partial charge in [-0.15, -0.1) is 11.3 Å². The summed E-state index contributed by atoms with van der Waals surface area (Å²) in [4.78, 5) is 28.0. The van der Waals surface area contributed by atoms with E-state index >= 15 is 0 Å². The number of hydrogen-bond acceptors (Lipinski definition) is 4. The molecule has 0 bridgehead atoms. The molecule has 3 N–H and O–H groups in total. The number of rotatable bonds is 7. The first kappa shape index (κ1) is 19.2. The molecule has 0 aliphatic heterocycles. The second-order valence-corrected chi connectivity index (χ2v) is 7.23. The Balaban J connectivity index is 1.79. The molecule has 25 heavy (non-hydrogen) atoms. The maximum Gasteiger partial charge on any atom is 0.325 e. The number of aromatic nitrogens is 1. The third-order valence-electron chi connectivity index (χ3n) is 3.26. The molecule has 6 nitrogen and oxygen atoms in total. The van der Waals surface area contributed by atoms with Crippen molar-refractivity contribution >= 4 is 45.7 Å². The highest BCUT2D eigenvalue weighted by Crippen LogP contribution is 2.17. The molecule has 3 amide bonds. The molecule has 0 saturated heterocycles. The Morgan fingerprint density at radius 3 is 2.60 bits per heavy atom. The zero-order valence-corrected chi connectivity index (χ0v) is 15.7. The van der Waals surface area contributed by atoms with Crippen LogP contribution >= 0.6 is 22.9 Å². The van der Waals surface area contributed by atoms with E-state index in [0.29, 0.717) is 34.0 Å². The van der Waals surface area contributed by atoms with Gasteiger partial charge in [0.25, 0.3) is 0 Å². The Morgan fingerprint density at radius 2 is 1.92 bits per heavy atom. The normalized spacial score (nSPS) is 10.6. The van der Waals surface area contributed by atoms with Gasteiger partial charge < -0.3 is 10.6 Å². The standard InChI is InChI=1S/C17H21ClN4O2S/c1-11(2)7-8-19-15(23)9-14-10-25-17(21-14)22-16(24)20-13-5-3-12(18)4-6-13/h3-6,10-11H,7-9H2,1-2H3,(H,19,23)(H2,20,21,22,24). The highest BCUT2D eigenvalue weighted by atomic mass is 35.5. The highest BCUT2D eigenvalue weighted by molar-refractivity contribution is 7.14. The number of anilines is 2. The lowest BCUT2D eigenvalue weighted by Crippen LogP contribution is -2.27. The van der Waals surface area contributed by atoms with Crippen molar-refractivity contribution in [1.29, 1.82) is 0 Å². The summed E-state index contributed by atoms with van der Waals surface area (Å²) in [6.45, 7) is 4.88. The van der Waals surface area contributed by atoms with Crippen LogP contribution in [0.2, 0.25) is 5.02 Å². The fourth-order valence-electron chi connectivity index (χ4n) is 1.97. The lowest BCUT2D eigenvalue weighted by atomic mass is 10.1. The number of hydrogen-bond donors (Lipinski definition) is 3. The van der Waals surface area contributed by atoms with E-state index in [1.165, 1.54) is 11.3 Å². The van der Waals surface area contributed by atoms with Crippen LogP contribution in [0.25, 0.3) is 0 Å². The average molecular weight is 381 g/mol. The Labute approximate surface area is 156 Å². The van der Waals surface area contributed by atoms with Gasteiger partial charge in [0.15, 0.2) is 5.13 Å². The van der Waals surface area contributed by atoms with E-state index in [-0.39, 0.29) is 12.3 Å². The molecule has 1 heterocycles. The van der Waals surface area contributed by atoms with Gasteiger partial charge in [0.05, 0.1) is 12.1 Å². The lowest BCUT2D eigenvalue weighted by Gasteiger charge is -2.06. The Kier molecular flexibility index (Phi) is 7.21. The van der Waals surface area contributed by atoms with E-state index in [1.54, 1.807) is 29.6 Å². The number of thiazole rings is 1. The minimum Gasteiger partial charge on any atom is -0.356 e. The first-order valence-electron chi connectivity index (χ1n) is 7.97. The van der Waals surface area contributed by atoms with Crippen LogP contribution in [-0.4, -0.2) is 23.5 Å². The second-order valence-electron chi connectivity index (χ2n) is 5.94. The summed E-state index contributed by atoms with van der Waals surface area (Å²) in [6, 6.07) is 6.39. The molecule has 0 aliphatic rings. The molecule has 1 aromatic carbocycles. The number of halogens is 1. The summed E-state index contributed by atoms with van der Waals surface area (Å²) >= 11 is 7.08. The summed E-state index contributed by atoms with van der Waals surface area (Å²) in [5.74, 6) is 0.484. The van der Waals surface area contributed by atoms with Crippen molar-refractivity contribution in [2.45, 2.75) is 26.7 Å². The van der Waals surface area contributed by atoms with Crippen molar-refractivity contribution in [3.05, 3.63) is 40.4 Å². The van der Waals surface area contributed by atoms with Gasteiger partial charge >= 0.3 is 6.03 Å². The average Bonchev–Trinajstić information content (AvgIpc) is 2.96. The zero-order chi connectivity index (χ0) is 18.2. The molecule has 134 valence electrons. The Bertz CT molecular complexity index is 716. The van der Waals surface area contributed by atoms with Crippen molar-refractivity contribution in [2.24, 2.45) is 5.92 Å². The van der Waals surface area contributed by atoms with Crippen LogP contribution < -0.4 is 16.0 Å². The van der Waals surface area contributed by atoms with Crippen LogP contribution in [0.4, 0.5) is 15.6 Å². The van der Waals surface area contributed by atoms with Gasteiger partial charge in [0.2, 0.25) is 5.91 Å². The fraction of sp³-hybridized carbons (Fsp3) is 0.353. The van der Waals surface area contributed by atoms with Crippen LogP contribution in [0.5, 0.6) is 0 Å². The lowest BCUT2D eigenvalue weighted by molar-refractivity contribution is -0.120. The monoisotopic (exact) mass is 380 g/mol. The molecule has 0 aliphatic carbocycles. The molecule has 2 aromatic rings. The van der Waals surface area contributed by atoms with Crippen LogP contribution in [0.1, 0.15) is 26.0 Å². The van der Waals surface area contributed by atoms with Gasteiger partial charge in [-0.3, -0.25) is 10.1 Å². The van der Waals surface area contributed by atoms with Crippen LogP contribution in [0.15, 0.2) is 29.6 Å². The van der Waals surface area contributed by atoms with Crippen molar-refractivity contribution in [1.82, 2.24) is 10.3 Å². The van der Waals surface area contributed by atoms with E-state index in [2.05, 4.69) is 34.8 Å². The molecule has 0 spiro atoms. The van der Waals surface area contributed by atoms with Gasteiger partial charge in [-0.05, 0) is 36.6 Å². The number of nitrogens with zero attached hydrogens (tertiary/aromatic N) is 1. The molecule has 0 unspecified atom stereocenters. The minimum absolute atomic E-state index is 0.0666. The third-order valence-corrected chi connectivity index (χ3v) is 4.32. The Hall–Kier alpha value is -2.12. The van der Waals surface area contributed by atoms with Gasteiger partial charge in [0, 0.05) is 22.6 Å². The summed E-state index contributed by atoms with van der Waals surface area (Å²) < 4.78 is 0.